The molecule has 8 atom stereocenters. The summed E-state index contributed by atoms with van der Waals surface area (Å²) in [4.78, 5) is 51.9. The molecule has 274 valence electrons. The number of amides is 2. The number of fused-ring (bicyclic) bond motifs is 7. The van der Waals surface area contributed by atoms with E-state index >= 15 is 8.78 Å². The molecule has 2 aliphatic heterocycles. The number of carbonyl (C=O) groups is 3. The lowest BCUT2D eigenvalue weighted by Crippen LogP contribution is -2.57. The van der Waals surface area contributed by atoms with Gasteiger partial charge in [-0.05, 0) is 48.8 Å². The third-order valence-corrected chi connectivity index (χ3v) is 10.2. The van der Waals surface area contributed by atoms with Crippen LogP contribution < -0.4 is 14.8 Å². The highest BCUT2D eigenvalue weighted by atomic mass is 19.3. The smallest absolute Gasteiger partial charge is 0.408 e. The molecule has 51 heavy (non-hydrogen) atoms. The monoisotopic (exact) mass is 708 g/mol. The molecule has 2 amide bonds. The van der Waals surface area contributed by atoms with E-state index in [1.165, 1.54) is 18.1 Å². The molecule has 6 rings (SSSR count). The van der Waals surface area contributed by atoms with Gasteiger partial charge in [0.25, 0.3) is 0 Å². The van der Waals surface area contributed by atoms with Crippen molar-refractivity contribution in [2.45, 2.75) is 91.0 Å². The number of alkyl halides is 2. The molecule has 0 unspecified atom stereocenters. The maximum absolute atomic E-state index is 16.2. The van der Waals surface area contributed by atoms with Crippen molar-refractivity contribution in [3.05, 3.63) is 36.0 Å². The van der Waals surface area contributed by atoms with E-state index in [1.54, 1.807) is 45.9 Å². The molecular formula is C38H46F2N4O7. The van der Waals surface area contributed by atoms with Crippen molar-refractivity contribution in [1.29, 1.82) is 0 Å². The Morgan fingerprint density at radius 3 is 2.57 bits per heavy atom. The van der Waals surface area contributed by atoms with Gasteiger partial charge in [-0.1, -0.05) is 59.5 Å². The maximum atomic E-state index is 16.2. The Hall–Kier alpha value is -4.47. The van der Waals surface area contributed by atoms with Gasteiger partial charge in [0.05, 0.1) is 31.3 Å². The topological polar surface area (TPSA) is 129 Å². The van der Waals surface area contributed by atoms with E-state index in [-0.39, 0.29) is 54.3 Å². The molecular weight excluding hydrogens is 662 g/mol. The van der Waals surface area contributed by atoms with Gasteiger partial charge in [-0.3, -0.25) is 4.79 Å². The molecule has 11 nitrogen and oxygen atoms in total. The van der Waals surface area contributed by atoms with E-state index in [1.807, 2.05) is 13.8 Å². The first-order valence-electron chi connectivity index (χ1n) is 17.6. The number of benzene rings is 1. The molecule has 0 spiro atoms. The Morgan fingerprint density at radius 1 is 1.14 bits per heavy atom. The number of hydrogen-bond donors (Lipinski definition) is 1. The Balaban J connectivity index is 1.44. The minimum atomic E-state index is -3.60. The first-order valence-corrected chi connectivity index (χ1v) is 17.6. The molecule has 1 aromatic carbocycles. The summed E-state index contributed by atoms with van der Waals surface area (Å²) in [5.41, 5.74) is -1.03. The number of hydrogen-bond acceptors (Lipinski definition) is 9. The third kappa shape index (κ3) is 7.32. The average molecular weight is 709 g/mol. The molecule has 1 saturated heterocycles. The quantitative estimate of drug-likeness (QED) is 0.243. The summed E-state index contributed by atoms with van der Waals surface area (Å²) in [5.74, 6) is 0.658. The number of esters is 1. The highest BCUT2D eigenvalue weighted by molar-refractivity contribution is 5.91. The van der Waals surface area contributed by atoms with Crippen molar-refractivity contribution in [3.63, 3.8) is 0 Å². The van der Waals surface area contributed by atoms with Crippen LogP contribution in [0.4, 0.5) is 13.6 Å². The van der Waals surface area contributed by atoms with Crippen LogP contribution in [-0.4, -0.2) is 77.4 Å². The molecule has 2 bridgehead atoms. The number of rotatable bonds is 4. The van der Waals surface area contributed by atoms with Gasteiger partial charge in [-0.2, -0.15) is 8.78 Å². The van der Waals surface area contributed by atoms with E-state index < -0.39 is 71.1 Å². The van der Waals surface area contributed by atoms with E-state index in [0.717, 1.165) is 6.08 Å². The summed E-state index contributed by atoms with van der Waals surface area (Å²) in [6, 6.07) is 2.47. The summed E-state index contributed by atoms with van der Waals surface area (Å²) in [6.45, 7) is 10.8. The summed E-state index contributed by atoms with van der Waals surface area (Å²) < 4.78 is 55.6. The van der Waals surface area contributed by atoms with Gasteiger partial charge in [-0.25, -0.2) is 19.6 Å². The van der Waals surface area contributed by atoms with Crippen molar-refractivity contribution >= 4 is 29.0 Å². The number of ether oxygens (including phenoxy) is 4. The van der Waals surface area contributed by atoms with E-state index in [4.69, 9.17) is 18.9 Å². The standard InChI is InChI=1S/C38H46F2N4O7/c1-20(2)19-49-35(46)30-21(3)29-18-44(30)34(45)32(37(4,5)6)43-36(47)51-28-16-22-11-13-24(22)25(28)10-8-9-15-38(39,40)31-33(50-29)42-27-17-23(48-7)12-14-26(27)41-31/h9,12,14-15,17,20-22,24-25,28-30,32H,8,10,16,18-19H2,1-7H3,(H,43,47)/b15-9+/t21-,22+,24+,25-,28-,29+,30+,32-/m1/s1. The normalized spacial score (nSPS) is 30.9. The molecule has 1 N–H and O–H groups in total. The molecule has 13 heteroatoms. The van der Waals surface area contributed by atoms with E-state index in [0.29, 0.717) is 18.6 Å². The van der Waals surface area contributed by atoms with Gasteiger partial charge >= 0.3 is 18.0 Å². The summed E-state index contributed by atoms with van der Waals surface area (Å²) in [7, 11) is 1.48. The fraction of sp³-hybridized carbons (Fsp3) is 0.605. The Morgan fingerprint density at radius 2 is 1.90 bits per heavy atom. The van der Waals surface area contributed by atoms with Crippen LogP contribution in [0.3, 0.4) is 0 Å². The first-order chi connectivity index (χ1) is 24.1. The SMILES string of the molecule is COc1ccc2nc3c(nc2c1)O[C@H]1CN(C(=O)[C@H](C(C)(C)C)NC(=O)O[C@@H]2C[C@@H]4C#C[C@@H]4[C@H]2CC/C=C/C3(F)F)[C@H](C(=O)OCC(C)C)[C@@H]1C. The minimum Gasteiger partial charge on any atom is -0.497 e. The van der Waals surface area contributed by atoms with Crippen molar-refractivity contribution in [3.8, 4) is 23.5 Å². The van der Waals surface area contributed by atoms with Gasteiger partial charge in [0.2, 0.25) is 11.8 Å². The highest BCUT2D eigenvalue weighted by Crippen LogP contribution is 2.45. The lowest BCUT2D eigenvalue weighted by molar-refractivity contribution is -0.156. The predicted octanol–water partition coefficient (Wildman–Crippen LogP) is 5.65. The number of aromatic nitrogens is 2. The van der Waals surface area contributed by atoms with Crippen LogP contribution in [0.25, 0.3) is 11.0 Å². The number of carbonyl (C=O) groups excluding carboxylic acids is 3. The van der Waals surface area contributed by atoms with Crippen molar-refractivity contribution in [1.82, 2.24) is 20.2 Å². The van der Waals surface area contributed by atoms with Crippen LogP contribution in [0, 0.1) is 46.8 Å². The Kier molecular flexibility index (Phi) is 9.92. The summed E-state index contributed by atoms with van der Waals surface area (Å²) in [5, 5.41) is 2.80. The van der Waals surface area contributed by atoms with Crippen LogP contribution in [0.5, 0.6) is 11.6 Å². The summed E-state index contributed by atoms with van der Waals surface area (Å²) in [6.07, 6.45) is 1.19. The fourth-order valence-corrected chi connectivity index (χ4v) is 7.36. The maximum Gasteiger partial charge on any atom is 0.408 e. The molecule has 0 radical (unpaired) electrons. The van der Waals surface area contributed by atoms with Crippen LogP contribution in [0.1, 0.15) is 66.5 Å². The first kappa shape index (κ1) is 36.3. The molecule has 2 aromatic rings. The summed E-state index contributed by atoms with van der Waals surface area (Å²) >= 11 is 0. The van der Waals surface area contributed by atoms with E-state index in [9.17, 15) is 14.4 Å². The number of nitrogens with zero attached hydrogens (tertiary/aromatic N) is 3. The average Bonchev–Trinajstić information content (AvgIpc) is 3.49. The van der Waals surface area contributed by atoms with Gasteiger partial charge in [-0.15, -0.1) is 0 Å². The zero-order valence-electron chi connectivity index (χ0n) is 30.1. The number of alkyl carbamates (subject to hydrolysis) is 1. The van der Waals surface area contributed by atoms with Crippen LogP contribution in [-0.2, 0) is 25.0 Å². The molecule has 1 saturated carbocycles. The van der Waals surface area contributed by atoms with Crippen molar-refractivity contribution < 1.29 is 42.1 Å². The fourth-order valence-electron chi connectivity index (χ4n) is 7.36. The lowest BCUT2D eigenvalue weighted by Gasteiger charge is -2.35. The Labute approximate surface area is 296 Å². The number of nitrogens with one attached hydrogen (secondary N) is 1. The molecule has 2 aliphatic carbocycles. The molecule has 4 aliphatic rings. The third-order valence-electron chi connectivity index (χ3n) is 10.2. The molecule has 2 fully saturated rings. The number of methoxy groups -OCH3 is 1. The number of halogens is 2. The zero-order chi connectivity index (χ0) is 36.8. The van der Waals surface area contributed by atoms with Gasteiger partial charge in [0.1, 0.15) is 30.0 Å². The van der Waals surface area contributed by atoms with Crippen molar-refractivity contribution in [2.75, 3.05) is 20.3 Å². The second-order valence-corrected chi connectivity index (χ2v) is 15.5. The largest absolute Gasteiger partial charge is 0.497 e. The highest BCUT2D eigenvalue weighted by Gasteiger charge is 2.52. The van der Waals surface area contributed by atoms with E-state index in [2.05, 4.69) is 27.1 Å². The number of allylic oxidation sites excluding steroid dienone is 2. The predicted molar refractivity (Wildman–Crippen MR) is 183 cm³/mol. The van der Waals surface area contributed by atoms with Crippen molar-refractivity contribution in [2.24, 2.45) is 35.0 Å². The van der Waals surface area contributed by atoms with Crippen LogP contribution >= 0.6 is 0 Å². The van der Waals surface area contributed by atoms with Gasteiger partial charge < -0.3 is 29.2 Å². The van der Waals surface area contributed by atoms with Gasteiger partial charge in [0.15, 0.2) is 5.69 Å². The molecule has 3 heterocycles. The minimum absolute atomic E-state index is 0.00803. The second-order valence-electron chi connectivity index (χ2n) is 15.5. The molecule has 1 aromatic heterocycles. The van der Waals surface area contributed by atoms with Crippen LogP contribution in [0.15, 0.2) is 30.4 Å². The second kappa shape index (κ2) is 13.9. The zero-order valence-corrected chi connectivity index (χ0v) is 30.1. The van der Waals surface area contributed by atoms with Gasteiger partial charge in [0, 0.05) is 29.7 Å². The lowest BCUT2D eigenvalue weighted by atomic mass is 9.81. The Bertz CT molecular complexity index is 1780. The van der Waals surface area contributed by atoms with Crippen LogP contribution in [0.2, 0.25) is 0 Å².